The largest absolute Gasteiger partial charge is 0.352 e. The standard InChI is InChI=1S/C18H28F4O3/c1-10-2-4-11(5-3-10)13-8-23-17(24-9-13)12-6-14(19)16(15(20)7-12)25-18(21)22/h10-18H,2-9H2,1H3. The van der Waals surface area contributed by atoms with Crippen molar-refractivity contribution < 1.29 is 31.8 Å². The zero-order chi connectivity index (χ0) is 18.0. The molecule has 0 N–H and O–H groups in total. The maximum Gasteiger partial charge on any atom is 0.345 e. The lowest BCUT2D eigenvalue weighted by molar-refractivity contribution is -0.256. The van der Waals surface area contributed by atoms with E-state index in [1.807, 2.05) is 0 Å². The predicted molar refractivity (Wildman–Crippen MR) is 83.7 cm³/mol. The van der Waals surface area contributed by atoms with Crippen molar-refractivity contribution in [3.8, 4) is 0 Å². The number of rotatable bonds is 4. The summed E-state index contributed by atoms with van der Waals surface area (Å²) in [6.07, 6.45) is -1.23. The zero-order valence-electron chi connectivity index (χ0n) is 14.6. The van der Waals surface area contributed by atoms with Crippen LogP contribution in [0.1, 0.15) is 45.4 Å². The van der Waals surface area contributed by atoms with Gasteiger partial charge in [-0.05, 0) is 37.5 Å². The Morgan fingerprint density at radius 1 is 0.840 bits per heavy atom. The lowest BCUT2D eigenvalue weighted by atomic mass is 9.76. The summed E-state index contributed by atoms with van der Waals surface area (Å²) >= 11 is 0. The Labute approximate surface area is 146 Å². The molecule has 2 aliphatic carbocycles. The van der Waals surface area contributed by atoms with Crippen LogP contribution >= 0.6 is 0 Å². The molecule has 0 aromatic heterocycles. The van der Waals surface area contributed by atoms with Gasteiger partial charge >= 0.3 is 6.61 Å². The smallest absolute Gasteiger partial charge is 0.345 e. The molecule has 0 aromatic rings. The second-order valence-electron chi connectivity index (χ2n) is 7.94. The Kier molecular flexibility index (Phi) is 6.60. The minimum atomic E-state index is -3.17. The van der Waals surface area contributed by atoms with E-state index < -0.39 is 37.3 Å². The molecule has 25 heavy (non-hydrogen) atoms. The van der Waals surface area contributed by atoms with Crippen LogP contribution in [0.3, 0.4) is 0 Å². The minimum Gasteiger partial charge on any atom is -0.352 e. The van der Waals surface area contributed by atoms with Crippen LogP contribution in [-0.4, -0.2) is 44.6 Å². The monoisotopic (exact) mass is 368 g/mol. The Hall–Kier alpha value is -0.400. The highest BCUT2D eigenvalue weighted by Gasteiger charge is 2.45. The Morgan fingerprint density at radius 3 is 1.92 bits per heavy atom. The first-order valence-electron chi connectivity index (χ1n) is 9.39. The van der Waals surface area contributed by atoms with Gasteiger partial charge < -0.3 is 14.2 Å². The van der Waals surface area contributed by atoms with Gasteiger partial charge in [0.05, 0.1) is 13.2 Å². The molecule has 0 spiro atoms. The third kappa shape index (κ3) is 4.86. The van der Waals surface area contributed by atoms with Gasteiger partial charge in [-0.25, -0.2) is 8.78 Å². The number of hydrogen-bond donors (Lipinski definition) is 0. The van der Waals surface area contributed by atoms with Crippen molar-refractivity contribution in [1.29, 1.82) is 0 Å². The summed E-state index contributed by atoms with van der Waals surface area (Å²) in [5.41, 5.74) is 0. The molecule has 0 amide bonds. The van der Waals surface area contributed by atoms with Crippen LogP contribution in [0.25, 0.3) is 0 Å². The molecule has 0 aromatic carbocycles. The van der Waals surface area contributed by atoms with Gasteiger partial charge in [0.1, 0.15) is 18.4 Å². The van der Waals surface area contributed by atoms with Crippen molar-refractivity contribution in [3.05, 3.63) is 0 Å². The molecule has 2 saturated carbocycles. The topological polar surface area (TPSA) is 27.7 Å². The van der Waals surface area contributed by atoms with Gasteiger partial charge in [-0.2, -0.15) is 8.78 Å². The van der Waals surface area contributed by atoms with Gasteiger partial charge in [-0.15, -0.1) is 0 Å². The van der Waals surface area contributed by atoms with Crippen LogP contribution in [-0.2, 0) is 14.2 Å². The summed E-state index contributed by atoms with van der Waals surface area (Å²) < 4.78 is 68.3. The van der Waals surface area contributed by atoms with Gasteiger partial charge in [0, 0.05) is 11.8 Å². The predicted octanol–water partition coefficient (Wildman–Crippen LogP) is 4.50. The van der Waals surface area contributed by atoms with Crippen LogP contribution in [0, 0.1) is 23.7 Å². The molecular weight excluding hydrogens is 340 g/mol. The molecule has 2 atom stereocenters. The fourth-order valence-corrected chi connectivity index (χ4v) is 4.52. The van der Waals surface area contributed by atoms with Crippen molar-refractivity contribution in [1.82, 2.24) is 0 Å². The molecule has 1 heterocycles. The summed E-state index contributed by atoms with van der Waals surface area (Å²) in [5.74, 6) is 1.25. The molecule has 3 aliphatic rings. The van der Waals surface area contributed by atoms with Crippen molar-refractivity contribution >= 4 is 0 Å². The molecule has 146 valence electrons. The van der Waals surface area contributed by atoms with Gasteiger partial charge in [-0.1, -0.05) is 19.8 Å². The number of halogens is 4. The zero-order valence-corrected chi connectivity index (χ0v) is 14.6. The van der Waals surface area contributed by atoms with E-state index >= 15 is 0 Å². The molecule has 3 fully saturated rings. The first kappa shape index (κ1) is 19.4. The van der Waals surface area contributed by atoms with E-state index in [4.69, 9.17) is 9.47 Å². The average molecular weight is 368 g/mol. The highest BCUT2D eigenvalue weighted by Crippen LogP contribution is 2.39. The first-order chi connectivity index (χ1) is 11.9. The first-order valence-corrected chi connectivity index (χ1v) is 9.39. The maximum absolute atomic E-state index is 14.1. The lowest BCUT2D eigenvalue weighted by Crippen LogP contribution is -2.48. The molecule has 0 bridgehead atoms. The fraction of sp³-hybridized carbons (Fsp3) is 1.00. The van der Waals surface area contributed by atoms with Gasteiger partial charge in [0.25, 0.3) is 0 Å². The summed E-state index contributed by atoms with van der Waals surface area (Å²) in [6.45, 7) is 0.199. The number of ether oxygens (including phenoxy) is 3. The van der Waals surface area contributed by atoms with Crippen molar-refractivity contribution in [2.75, 3.05) is 13.2 Å². The second kappa shape index (κ2) is 8.53. The van der Waals surface area contributed by atoms with Crippen molar-refractivity contribution in [3.63, 3.8) is 0 Å². The molecule has 1 saturated heterocycles. The van der Waals surface area contributed by atoms with Crippen LogP contribution in [0.5, 0.6) is 0 Å². The van der Waals surface area contributed by atoms with Crippen molar-refractivity contribution in [2.24, 2.45) is 23.7 Å². The summed E-state index contributed by atoms with van der Waals surface area (Å²) in [5, 5.41) is 0. The number of hydrogen-bond acceptors (Lipinski definition) is 3. The van der Waals surface area contributed by atoms with E-state index in [-0.39, 0.29) is 12.8 Å². The molecule has 3 rings (SSSR count). The average Bonchev–Trinajstić information content (AvgIpc) is 2.59. The van der Waals surface area contributed by atoms with Crippen molar-refractivity contribution in [2.45, 2.75) is 76.8 Å². The highest BCUT2D eigenvalue weighted by molar-refractivity contribution is 4.90. The van der Waals surface area contributed by atoms with E-state index in [0.29, 0.717) is 25.0 Å². The van der Waals surface area contributed by atoms with Gasteiger partial charge in [0.2, 0.25) is 0 Å². The van der Waals surface area contributed by atoms with Crippen LogP contribution < -0.4 is 0 Å². The van der Waals surface area contributed by atoms with Gasteiger partial charge in [-0.3, -0.25) is 0 Å². The maximum atomic E-state index is 14.1. The van der Waals surface area contributed by atoms with E-state index in [2.05, 4.69) is 11.7 Å². The normalized spacial score (nSPS) is 46.3. The summed E-state index contributed by atoms with van der Waals surface area (Å²) in [7, 11) is 0. The fourth-order valence-electron chi connectivity index (χ4n) is 4.52. The molecule has 7 heteroatoms. The Balaban J connectivity index is 1.47. The van der Waals surface area contributed by atoms with Crippen LogP contribution in [0.4, 0.5) is 17.6 Å². The third-order valence-electron chi connectivity index (χ3n) is 6.09. The molecule has 3 nitrogen and oxygen atoms in total. The Morgan fingerprint density at radius 2 is 1.40 bits per heavy atom. The van der Waals surface area contributed by atoms with Gasteiger partial charge in [0.15, 0.2) is 6.29 Å². The van der Waals surface area contributed by atoms with Crippen LogP contribution in [0.2, 0.25) is 0 Å². The van der Waals surface area contributed by atoms with Crippen LogP contribution in [0.15, 0.2) is 0 Å². The summed E-state index contributed by atoms with van der Waals surface area (Å²) in [4.78, 5) is 0. The van der Waals surface area contributed by atoms with E-state index in [9.17, 15) is 17.6 Å². The quantitative estimate of drug-likeness (QED) is 0.684. The highest BCUT2D eigenvalue weighted by atomic mass is 19.3. The number of alkyl halides is 4. The third-order valence-corrected chi connectivity index (χ3v) is 6.09. The van der Waals surface area contributed by atoms with E-state index in [1.165, 1.54) is 25.7 Å². The summed E-state index contributed by atoms with van der Waals surface area (Å²) in [6, 6.07) is 0. The molecule has 1 aliphatic heterocycles. The van der Waals surface area contributed by atoms with E-state index in [0.717, 1.165) is 5.92 Å². The second-order valence-corrected chi connectivity index (χ2v) is 7.94. The SMILES string of the molecule is CC1CCC(C2COC(C3CC(F)C(OC(F)F)C(F)C3)OC2)CC1. The molecule has 2 unspecified atom stereocenters. The van der Waals surface area contributed by atoms with E-state index in [1.54, 1.807) is 0 Å². The molecule has 0 radical (unpaired) electrons. The Bertz CT molecular complexity index is 397. The molecular formula is C18H28F4O3. The lowest BCUT2D eigenvalue weighted by Gasteiger charge is -2.42. The minimum absolute atomic E-state index is 0.0753.